The Balaban J connectivity index is 1.58. The summed E-state index contributed by atoms with van der Waals surface area (Å²) < 4.78 is 2.16. The molecular formula is C16H24N6OS2. The lowest BCUT2D eigenvalue weighted by molar-refractivity contribution is -0.113. The predicted octanol–water partition coefficient (Wildman–Crippen LogP) is 3.49. The molecule has 1 aliphatic carbocycles. The summed E-state index contributed by atoms with van der Waals surface area (Å²) in [5.41, 5.74) is 0. The lowest BCUT2D eigenvalue weighted by Crippen LogP contribution is -2.15. The normalized spacial score (nSPS) is 15.4. The van der Waals surface area contributed by atoms with Crippen LogP contribution in [0.1, 0.15) is 62.7 Å². The zero-order valence-electron chi connectivity index (χ0n) is 14.7. The van der Waals surface area contributed by atoms with Crippen LogP contribution in [0.3, 0.4) is 0 Å². The van der Waals surface area contributed by atoms with Crippen LogP contribution in [0.25, 0.3) is 0 Å². The molecule has 1 saturated carbocycles. The Hall–Kier alpha value is -1.48. The molecule has 2 aromatic rings. The molecule has 0 aliphatic heterocycles. The Labute approximate surface area is 156 Å². The number of thioether (sulfide) groups is 1. The zero-order chi connectivity index (χ0) is 17.6. The van der Waals surface area contributed by atoms with E-state index in [9.17, 15) is 4.79 Å². The Morgan fingerprint density at radius 3 is 2.68 bits per heavy atom. The molecule has 136 valence electrons. The van der Waals surface area contributed by atoms with E-state index in [2.05, 4.69) is 37.2 Å². The summed E-state index contributed by atoms with van der Waals surface area (Å²) in [5, 5.41) is 21.8. The van der Waals surface area contributed by atoms with Crippen LogP contribution in [0.2, 0.25) is 0 Å². The van der Waals surface area contributed by atoms with Gasteiger partial charge in [0.05, 0.1) is 5.75 Å². The van der Waals surface area contributed by atoms with Gasteiger partial charge in [-0.3, -0.25) is 10.1 Å². The van der Waals surface area contributed by atoms with Crippen LogP contribution in [0, 0.1) is 0 Å². The third-order valence-corrected chi connectivity index (χ3v) is 6.33. The lowest BCUT2D eigenvalue weighted by atomic mass is 9.89. The van der Waals surface area contributed by atoms with Gasteiger partial charge in [-0.1, -0.05) is 49.3 Å². The fourth-order valence-electron chi connectivity index (χ4n) is 3.10. The van der Waals surface area contributed by atoms with E-state index in [1.54, 1.807) is 0 Å². The van der Waals surface area contributed by atoms with Crippen LogP contribution in [-0.2, 0) is 17.8 Å². The minimum Gasteiger partial charge on any atom is -0.306 e. The topological polar surface area (TPSA) is 85.6 Å². The van der Waals surface area contributed by atoms with E-state index in [0.29, 0.717) is 16.8 Å². The smallest absolute Gasteiger partial charge is 0.236 e. The highest BCUT2D eigenvalue weighted by atomic mass is 32.2. The standard InChI is InChI=1S/C16H24N6OS2/c1-3-13-18-20-15(25-13)17-12(23)10-24-16-21-19-14(22(16)4-2)11-8-6-5-7-9-11/h11H,3-10H2,1-2H3,(H,17,20,23). The number of amides is 1. The maximum atomic E-state index is 12.1. The number of carbonyl (C=O) groups is 1. The fourth-order valence-corrected chi connectivity index (χ4v) is 4.60. The highest BCUT2D eigenvalue weighted by molar-refractivity contribution is 7.99. The van der Waals surface area contributed by atoms with Gasteiger partial charge in [-0.15, -0.1) is 20.4 Å². The van der Waals surface area contributed by atoms with Crippen molar-refractivity contribution in [3.8, 4) is 0 Å². The molecule has 1 N–H and O–H groups in total. The molecule has 7 nitrogen and oxygen atoms in total. The van der Waals surface area contributed by atoms with E-state index in [1.807, 2.05) is 6.92 Å². The third kappa shape index (κ3) is 4.58. The number of hydrogen-bond acceptors (Lipinski definition) is 7. The Morgan fingerprint density at radius 2 is 2.00 bits per heavy atom. The van der Waals surface area contributed by atoms with Gasteiger partial charge in [-0.25, -0.2) is 0 Å². The molecule has 1 aliphatic rings. The van der Waals surface area contributed by atoms with Gasteiger partial charge in [0.1, 0.15) is 10.8 Å². The Morgan fingerprint density at radius 1 is 1.20 bits per heavy atom. The molecule has 2 heterocycles. The molecule has 2 aromatic heterocycles. The van der Waals surface area contributed by atoms with E-state index < -0.39 is 0 Å². The monoisotopic (exact) mass is 380 g/mol. The average molecular weight is 381 g/mol. The van der Waals surface area contributed by atoms with Gasteiger partial charge in [-0.05, 0) is 26.2 Å². The van der Waals surface area contributed by atoms with Crippen molar-refractivity contribution in [2.75, 3.05) is 11.1 Å². The van der Waals surface area contributed by atoms with E-state index in [4.69, 9.17) is 0 Å². The van der Waals surface area contributed by atoms with Crippen molar-refractivity contribution in [3.05, 3.63) is 10.8 Å². The number of anilines is 1. The Bertz CT molecular complexity index is 707. The average Bonchev–Trinajstić information content (AvgIpc) is 3.26. The molecule has 25 heavy (non-hydrogen) atoms. The van der Waals surface area contributed by atoms with Gasteiger partial charge >= 0.3 is 0 Å². The number of aromatic nitrogens is 5. The van der Waals surface area contributed by atoms with Gasteiger partial charge in [0.25, 0.3) is 0 Å². The van der Waals surface area contributed by atoms with Crippen molar-refractivity contribution >= 4 is 34.1 Å². The fraction of sp³-hybridized carbons (Fsp3) is 0.688. The van der Waals surface area contributed by atoms with E-state index in [-0.39, 0.29) is 5.91 Å². The van der Waals surface area contributed by atoms with Crippen LogP contribution in [0.5, 0.6) is 0 Å². The maximum absolute atomic E-state index is 12.1. The number of carbonyl (C=O) groups excluding carboxylic acids is 1. The molecule has 1 fully saturated rings. The largest absolute Gasteiger partial charge is 0.306 e. The van der Waals surface area contributed by atoms with Crippen molar-refractivity contribution in [1.82, 2.24) is 25.0 Å². The molecule has 0 spiro atoms. The predicted molar refractivity (Wildman–Crippen MR) is 100 cm³/mol. The second-order valence-corrected chi connectivity index (χ2v) is 8.12. The first-order valence-electron chi connectivity index (χ1n) is 8.89. The molecule has 0 atom stereocenters. The Kier molecular flexibility index (Phi) is 6.41. The summed E-state index contributed by atoms with van der Waals surface area (Å²) in [6.07, 6.45) is 7.08. The number of nitrogens with one attached hydrogen (secondary N) is 1. The minimum atomic E-state index is -0.0892. The molecule has 1 amide bonds. The van der Waals surface area contributed by atoms with Crippen molar-refractivity contribution in [3.63, 3.8) is 0 Å². The quantitative estimate of drug-likeness (QED) is 0.740. The van der Waals surface area contributed by atoms with Gasteiger partial charge in [0, 0.05) is 12.5 Å². The number of aryl methyl sites for hydroxylation is 1. The number of nitrogens with zero attached hydrogens (tertiary/aromatic N) is 5. The van der Waals surface area contributed by atoms with Crippen LogP contribution in [0.4, 0.5) is 5.13 Å². The van der Waals surface area contributed by atoms with Gasteiger partial charge in [0.15, 0.2) is 5.16 Å². The summed E-state index contributed by atoms with van der Waals surface area (Å²) in [6, 6.07) is 0. The maximum Gasteiger partial charge on any atom is 0.236 e. The molecule has 0 saturated heterocycles. The van der Waals surface area contributed by atoms with Crippen LogP contribution >= 0.6 is 23.1 Å². The lowest BCUT2D eigenvalue weighted by Gasteiger charge is -2.21. The first-order chi connectivity index (χ1) is 12.2. The first kappa shape index (κ1) is 18.3. The summed E-state index contributed by atoms with van der Waals surface area (Å²) in [6.45, 7) is 4.95. The van der Waals surface area contributed by atoms with E-state index in [0.717, 1.165) is 29.0 Å². The first-order valence-corrected chi connectivity index (χ1v) is 10.7. The molecule has 9 heteroatoms. The summed E-state index contributed by atoms with van der Waals surface area (Å²) >= 11 is 2.85. The van der Waals surface area contributed by atoms with Crippen LogP contribution < -0.4 is 5.32 Å². The third-order valence-electron chi connectivity index (χ3n) is 4.38. The van der Waals surface area contributed by atoms with Gasteiger partial charge < -0.3 is 4.57 Å². The van der Waals surface area contributed by atoms with Gasteiger partial charge in [0.2, 0.25) is 11.0 Å². The highest BCUT2D eigenvalue weighted by Crippen LogP contribution is 2.33. The molecule has 0 bridgehead atoms. The second kappa shape index (κ2) is 8.75. The van der Waals surface area contributed by atoms with Crippen LogP contribution in [-0.4, -0.2) is 36.6 Å². The SMILES string of the molecule is CCc1nnc(NC(=O)CSc2nnc(C3CCCCC3)n2CC)s1. The minimum absolute atomic E-state index is 0.0892. The molecule has 0 aromatic carbocycles. The molecule has 0 radical (unpaired) electrons. The summed E-state index contributed by atoms with van der Waals surface area (Å²) in [7, 11) is 0. The van der Waals surface area contributed by atoms with Crippen molar-refractivity contribution in [2.45, 2.75) is 70.0 Å². The second-order valence-electron chi connectivity index (χ2n) is 6.11. The van der Waals surface area contributed by atoms with Crippen molar-refractivity contribution in [2.24, 2.45) is 0 Å². The van der Waals surface area contributed by atoms with E-state index in [1.165, 1.54) is 55.2 Å². The summed E-state index contributed by atoms with van der Waals surface area (Å²) in [4.78, 5) is 12.1. The van der Waals surface area contributed by atoms with Crippen molar-refractivity contribution in [1.29, 1.82) is 0 Å². The molecule has 0 unspecified atom stereocenters. The van der Waals surface area contributed by atoms with E-state index >= 15 is 0 Å². The van der Waals surface area contributed by atoms with Crippen LogP contribution in [0.15, 0.2) is 5.16 Å². The number of hydrogen-bond donors (Lipinski definition) is 1. The molecule has 3 rings (SSSR count). The summed E-state index contributed by atoms with van der Waals surface area (Å²) in [5.74, 6) is 1.80. The highest BCUT2D eigenvalue weighted by Gasteiger charge is 2.23. The number of rotatable bonds is 7. The van der Waals surface area contributed by atoms with Gasteiger partial charge in [-0.2, -0.15) is 0 Å². The van der Waals surface area contributed by atoms with Crippen molar-refractivity contribution < 1.29 is 4.79 Å². The zero-order valence-corrected chi connectivity index (χ0v) is 16.3. The molecular weight excluding hydrogens is 356 g/mol.